The Morgan fingerprint density at radius 2 is 2.14 bits per heavy atom. The zero-order valence-electron chi connectivity index (χ0n) is 12.5. The van der Waals surface area contributed by atoms with E-state index in [0.717, 1.165) is 12.8 Å². The van der Waals surface area contributed by atoms with E-state index in [1.54, 1.807) is 6.92 Å². The van der Waals surface area contributed by atoms with Crippen molar-refractivity contribution in [3.8, 4) is 0 Å². The Morgan fingerprint density at radius 1 is 1.48 bits per heavy atom. The number of hydrogen-bond acceptors (Lipinski definition) is 4. The maximum absolute atomic E-state index is 12.1. The molecule has 1 unspecified atom stereocenters. The van der Waals surface area contributed by atoms with E-state index in [1.807, 2.05) is 0 Å². The van der Waals surface area contributed by atoms with Crippen LogP contribution in [0.4, 0.5) is 0 Å². The Balaban J connectivity index is 1.96. The van der Waals surface area contributed by atoms with Crippen LogP contribution in [0.15, 0.2) is 12.7 Å². The van der Waals surface area contributed by atoms with Crippen LogP contribution in [0.2, 0.25) is 0 Å². The SMILES string of the molecule is CC1CCC(CNC(=O)C(C)n2cncn2)(C(=O)O)CC1. The molecule has 1 amide bonds. The molecule has 0 radical (unpaired) electrons. The number of hydrogen-bond donors (Lipinski definition) is 2. The molecule has 1 saturated carbocycles. The van der Waals surface area contributed by atoms with E-state index in [1.165, 1.54) is 17.3 Å². The number of carbonyl (C=O) groups is 2. The van der Waals surface area contributed by atoms with Crippen molar-refractivity contribution in [1.82, 2.24) is 20.1 Å². The zero-order chi connectivity index (χ0) is 15.5. The standard InChI is InChI=1S/C14H22N4O3/c1-10-3-5-14(6-4-10,13(20)21)7-16-12(19)11(2)18-9-15-8-17-18/h8-11H,3-7H2,1-2H3,(H,16,19)(H,20,21). The minimum atomic E-state index is -0.829. The normalized spacial score (nSPS) is 27.0. The lowest BCUT2D eigenvalue weighted by Gasteiger charge is -2.36. The first-order valence-corrected chi connectivity index (χ1v) is 7.30. The fourth-order valence-electron chi connectivity index (χ4n) is 2.72. The van der Waals surface area contributed by atoms with Gasteiger partial charge in [0.15, 0.2) is 0 Å². The summed E-state index contributed by atoms with van der Waals surface area (Å²) in [6, 6.07) is -0.499. The number of carboxylic acid groups (broad SMARTS) is 1. The molecule has 7 heteroatoms. The monoisotopic (exact) mass is 294 g/mol. The maximum atomic E-state index is 12.1. The second-order valence-electron chi connectivity index (χ2n) is 6.04. The van der Waals surface area contributed by atoms with Crippen molar-refractivity contribution in [3.63, 3.8) is 0 Å². The van der Waals surface area contributed by atoms with Crippen LogP contribution in [-0.2, 0) is 9.59 Å². The van der Waals surface area contributed by atoms with Gasteiger partial charge in [0, 0.05) is 6.54 Å². The molecule has 0 aliphatic heterocycles. The summed E-state index contributed by atoms with van der Waals surface area (Å²) in [5.41, 5.74) is -0.829. The van der Waals surface area contributed by atoms with E-state index in [2.05, 4.69) is 22.3 Å². The van der Waals surface area contributed by atoms with E-state index < -0.39 is 17.4 Å². The maximum Gasteiger partial charge on any atom is 0.311 e. The third kappa shape index (κ3) is 3.40. The number of aromatic nitrogens is 3. The van der Waals surface area contributed by atoms with Crippen LogP contribution in [0.3, 0.4) is 0 Å². The van der Waals surface area contributed by atoms with Crippen LogP contribution in [0.1, 0.15) is 45.6 Å². The first kappa shape index (κ1) is 15.5. The summed E-state index contributed by atoms with van der Waals surface area (Å²) in [7, 11) is 0. The average molecular weight is 294 g/mol. The summed E-state index contributed by atoms with van der Waals surface area (Å²) in [6.45, 7) is 4.02. The number of rotatable bonds is 5. The lowest BCUT2D eigenvalue weighted by molar-refractivity contribution is -0.151. The van der Waals surface area contributed by atoms with Gasteiger partial charge in [0.2, 0.25) is 5.91 Å². The number of amides is 1. The molecule has 1 aliphatic rings. The van der Waals surface area contributed by atoms with Gasteiger partial charge in [-0.1, -0.05) is 6.92 Å². The van der Waals surface area contributed by atoms with Crippen molar-refractivity contribution in [2.45, 2.75) is 45.6 Å². The highest BCUT2D eigenvalue weighted by Crippen LogP contribution is 2.38. The molecular formula is C14H22N4O3. The quantitative estimate of drug-likeness (QED) is 0.851. The predicted molar refractivity (Wildman–Crippen MR) is 75.4 cm³/mol. The molecule has 7 nitrogen and oxygen atoms in total. The predicted octanol–water partition coefficient (Wildman–Crippen LogP) is 1.24. The second kappa shape index (κ2) is 6.24. The third-order valence-corrected chi connectivity index (χ3v) is 4.50. The molecule has 116 valence electrons. The highest BCUT2D eigenvalue weighted by molar-refractivity contribution is 5.81. The molecule has 0 spiro atoms. The number of aliphatic carboxylic acids is 1. The number of nitrogens with zero attached hydrogens (tertiary/aromatic N) is 3. The molecule has 0 bridgehead atoms. The smallest absolute Gasteiger partial charge is 0.311 e. The summed E-state index contributed by atoms with van der Waals surface area (Å²) in [5, 5.41) is 16.2. The molecule has 1 aromatic rings. The van der Waals surface area contributed by atoms with Gasteiger partial charge in [0.05, 0.1) is 5.41 Å². The van der Waals surface area contributed by atoms with E-state index in [4.69, 9.17) is 0 Å². The minimum Gasteiger partial charge on any atom is -0.481 e. The van der Waals surface area contributed by atoms with E-state index in [-0.39, 0.29) is 12.5 Å². The average Bonchev–Trinajstić information content (AvgIpc) is 2.99. The lowest BCUT2D eigenvalue weighted by atomic mass is 9.71. The highest BCUT2D eigenvalue weighted by atomic mass is 16.4. The number of nitrogens with one attached hydrogen (secondary N) is 1. The van der Waals surface area contributed by atoms with Crippen molar-refractivity contribution in [3.05, 3.63) is 12.7 Å². The molecule has 21 heavy (non-hydrogen) atoms. The fraction of sp³-hybridized carbons (Fsp3) is 0.714. The van der Waals surface area contributed by atoms with E-state index in [9.17, 15) is 14.7 Å². The minimum absolute atomic E-state index is 0.174. The summed E-state index contributed by atoms with van der Waals surface area (Å²) < 4.78 is 1.45. The van der Waals surface area contributed by atoms with Crippen LogP contribution in [-0.4, -0.2) is 38.3 Å². The lowest BCUT2D eigenvalue weighted by Crippen LogP contribution is -2.46. The molecule has 1 heterocycles. The molecule has 0 aromatic carbocycles. The zero-order valence-corrected chi connectivity index (χ0v) is 12.5. The molecular weight excluding hydrogens is 272 g/mol. The number of carboxylic acids is 1. The molecule has 1 atom stereocenters. The van der Waals surface area contributed by atoms with Gasteiger partial charge in [0.1, 0.15) is 18.7 Å². The van der Waals surface area contributed by atoms with Gasteiger partial charge in [0.25, 0.3) is 0 Å². The van der Waals surface area contributed by atoms with Gasteiger partial charge in [-0.3, -0.25) is 9.59 Å². The van der Waals surface area contributed by atoms with E-state index in [0.29, 0.717) is 18.8 Å². The van der Waals surface area contributed by atoms with Gasteiger partial charge < -0.3 is 10.4 Å². The third-order valence-electron chi connectivity index (χ3n) is 4.50. The Kier molecular flexibility index (Phi) is 4.59. The Bertz CT molecular complexity index is 492. The van der Waals surface area contributed by atoms with Crippen molar-refractivity contribution >= 4 is 11.9 Å². The molecule has 1 aromatic heterocycles. The van der Waals surface area contributed by atoms with E-state index >= 15 is 0 Å². The van der Waals surface area contributed by atoms with Crippen LogP contribution in [0, 0.1) is 11.3 Å². The van der Waals surface area contributed by atoms with Crippen LogP contribution < -0.4 is 5.32 Å². The van der Waals surface area contributed by atoms with Crippen LogP contribution >= 0.6 is 0 Å². The highest BCUT2D eigenvalue weighted by Gasteiger charge is 2.41. The van der Waals surface area contributed by atoms with Crippen LogP contribution in [0.25, 0.3) is 0 Å². The van der Waals surface area contributed by atoms with Gasteiger partial charge >= 0.3 is 5.97 Å². The first-order chi connectivity index (χ1) is 9.94. The summed E-state index contributed by atoms with van der Waals surface area (Å²) >= 11 is 0. The van der Waals surface area contributed by atoms with Crippen LogP contribution in [0.5, 0.6) is 0 Å². The summed E-state index contributed by atoms with van der Waals surface area (Å²) in [4.78, 5) is 27.5. The largest absolute Gasteiger partial charge is 0.481 e. The summed E-state index contributed by atoms with van der Waals surface area (Å²) in [5.74, 6) is -0.495. The second-order valence-corrected chi connectivity index (χ2v) is 6.04. The Morgan fingerprint density at radius 3 is 2.67 bits per heavy atom. The Hall–Kier alpha value is -1.92. The molecule has 1 aliphatic carbocycles. The van der Waals surface area contributed by atoms with Crippen molar-refractivity contribution < 1.29 is 14.7 Å². The molecule has 2 rings (SSSR count). The van der Waals surface area contributed by atoms with Crippen molar-refractivity contribution in [2.75, 3.05) is 6.54 Å². The van der Waals surface area contributed by atoms with Gasteiger partial charge in [-0.05, 0) is 38.5 Å². The molecule has 2 N–H and O–H groups in total. The first-order valence-electron chi connectivity index (χ1n) is 7.30. The van der Waals surface area contributed by atoms with Crippen molar-refractivity contribution in [1.29, 1.82) is 0 Å². The fourth-order valence-corrected chi connectivity index (χ4v) is 2.72. The molecule has 1 fully saturated rings. The van der Waals surface area contributed by atoms with Gasteiger partial charge in [-0.2, -0.15) is 5.10 Å². The topological polar surface area (TPSA) is 97.1 Å². The van der Waals surface area contributed by atoms with Crippen molar-refractivity contribution in [2.24, 2.45) is 11.3 Å². The Labute approximate surface area is 123 Å². The number of carbonyl (C=O) groups excluding carboxylic acids is 1. The van der Waals surface area contributed by atoms with Gasteiger partial charge in [-0.25, -0.2) is 9.67 Å². The van der Waals surface area contributed by atoms with Gasteiger partial charge in [-0.15, -0.1) is 0 Å². The molecule has 0 saturated heterocycles. The summed E-state index contributed by atoms with van der Waals surface area (Å²) in [6.07, 6.45) is 5.84.